The van der Waals surface area contributed by atoms with Crippen molar-refractivity contribution in [1.82, 2.24) is 19.9 Å². The van der Waals surface area contributed by atoms with Crippen molar-refractivity contribution in [2.24, 2.45) is 5.92 Å². The van der Waals surface area contributed by atoms with E-state index in [0.29, 0.717) is 47.0 Å². The molecule has 0 atom stereocenters. The van der Waals surface area contributed by atoms with Crippen molar-refractivity contribution < 1.29 is 33.2 Å². The average Bonchev–Trinajstić information content (AvgIpc) is 3.61. The summed E-state index contributed by atoms with van der Waals surface area (Å²) in [7, 11) is 0. The van der Waals surface area contributed by atoms with Crippen LogP contribution in [-0.4, -0.2) is 49.5 Å². The van der Waals surface area contributed by atoms with E-state index < -0.39 is 12.0 Å². The lowest BCUT2D eigenvalue weighted by Gasteiger charge is -2.24. The van der Waals surface area contributed by atoms with Crippen molar-refractivity contribution in [3.63, 3.8) is 0 Å². The zero-order valence-electron chi connectivity index (χ0n) is 21.0. The van der Waals surface area contributed by atoms with Gasteiger partial charge in [-0.2, -0.15) is 5.26 Å². The number of fused-ring (bicyclic) bond motifs is 2. The van der Waals surface area contributed by atoms with Gasteiger partial charge in [0.25, 0.3) is 11.8 Å². The molecule has 2 aliphatic heterocycles. The van der Waals surface area contributed by atoms with Crippen molar-refractivity contribution >= 4 is 35.2 Å². The van der Waals surface area contributed by atoms with Crippen LogP contribution in [0, 0.1) is 17.2 Å². The van der Waals surface area contributed by atoms with E-state index in [9.17, 15) is 24.8 Å². The lowest BCUT2D eigenvalue weighted by atomic mass is 10.1. The fraction of sp³-hybridized carbons (Fsp3) is 0.360. The topological polar surface area (TPSA) is 175 Å². The molecule has 202 valence electrons. The first-order chi connectivity index (χ1) is 18.6. The normalized spacial score (nSPS) is 14.1. The van der Waals surface area contributed by atoms with Gasteiger partial charge >= 0.3 is 12.0 Å². The second-order valence-corrected chi connectivity index (χ2v) is 9.84. The number of anilines is 1. The Morgan fingerprint density at radius 2 is 2.00 bits per heavy atom. The zero-order valence-corrected chi connectivity index (χ0v) is 21.7. The Bertz CT molecular complexity index is 1500. The number of nitriles is 1. The molecule has 0 saturated carbocycles. The van der Waals surface area contributed by atoms with Crippen LogP contribution in [0.2, 0.25) is 5.02 Å². The number of halogens is 1. The molecule has 4 heterocycles. The molecular formula is C25H23ClN6O7. The summed E-state index contributed by atoms with van der Waals surface area (Å²) in [6.07, 6.45) is -0.268. The van der Waals surface area contributed by atoms with Gasteiger partial charge in [0.1, 0.15) is 24.1 Å². The highest BCUT2D eigenvalue weighted by molar-refractivity contribution is 6.32. The minimum Gasteiger partial charge on any atom is -0.491 e. The van der Waals surface area contributed by atoms with Gasteiger partial charge in [-0.1, -0.05) is 25.4 Å². The number of carbonyl (C=O) groups excluding carboxylic acids is 3. The molecule has 5 rings (SSSR count). The van der Waals surface area contributed by atoms with Gasteiger partial charge in [-0.15, -0.1) is 0 Å². The quantitative estimate of drug-likeness (QED) is 0.475. The number of hydrogen-bond acceptors (Lipinski definition) is 10. The summed E-state index contributed by atoms with van der Waals surface area (Å²) in [5.74, 6) is -0.491. The van der Waals surface area contributed by atoms with Gasteiger partial charge in [0.2, 0.25) is 5.91 Å². The monoisotopic (exact) mass is 554 g/mol. The molecule has 0 spiro atoms. The molecular weight excluding hydrogens is 532 g/mol. The molecule has 0 unspecified atom stereocenters. The van der Waals surface area contributed by atoms with Crippen molar-refractivity contribution in [2.75, 3.05) is 11.9 Å². The lowest BCUT2D eigenvalue weighted by Crippen LogP contribution is -2.35. The highest BCUT2D eigenvalue weighted by Crippen LogP contribution is 2.30. The number of ether oxygens (including phenoxy) is 1. The summed E-state index contributed by atoms with van der Waals surface area (Å²) < 4.78 is 16.2. The second kappa shape index (κ2) is 10.3. The summed E-state index contributed by atoms with van der Waals surface area (Å²) in [6, 6.07) is 4.87. The molecule has 0 bridgehead atoms. The Kier molecular flexibility index (Phi) is 6.88. The van der Waals surface area contributed by atoms with Gasteiger partial charge in [-0.25, -0.2) is 9.78 Å². The maximum Gasteiger partial charge on any atom is 0.410 e. The first-order valence-electron chi connectivity index (χ1n) is 12.0. The third-order valence-corrected chi connectivity index (χ3v) is 6.76. The number of aromatic nitrogens is 2. The summed E-state index contributed by atoms with van der Waals surface area (Å²) in [6.45, 7) is 3.85. The molecule has 14 heteroatoms. The summed E-state index contributed by atoms with van der Waals surface area (Å²) >= 11 is 6.15. The fourth-order valence-corrected chi connectivity index (χ4v) is 4.45. The third-order valence-electron chi connectivity index (χ3n) is 6.44. The van der Waals surface area contributed by atoms with Crippen molar-refractivity contribution in [1.29, 1.82) is 5.26 Å². The number of nitrogens with one attached hydrogen (secondary N) is 1. The van der Waals surface area contributed by atoms with Gasteiger partial charge in [0.15, 0.2) is 5.76 Å². The first-order valence-corrected chi connectivity index (χ1v) is 12.4. The Morgan fingerprint density at radius 3 is 2.72 bits per heavy atom. The molecule has 2 aromatic heterocycles. The maximum absolute atomic E-state index is 12.9. The Morgan fingerprint density at radius 1 is 1.23 bits per heavy atom. The number of rotatable bonds is 5. The van der Waals surface area contributed by atoms with Crippen LogP contribution >= 0.6 is 11.6 Å². The Balaban J connectivity index is 1.21. The van der Waals surface area contributed by atoms with Crippen molar-refractivity contribution in [2.45, 2.75) is 46.5 Å². The standard InChI is InChI=1S/C25H23ClN6O7/c1-12(2)21(33)28-17-6-13(7-27)16(26)5-14(17)11-37-25(36)32-8-18-20(10-32)38-23(29-18)24(35)31-4-3-15-19(9-31)39-30-22(15)34/h5-6,12H,3-4,8-11H2,1-2H3,(H,28,33)(H,30,34). The number of benzene rings is 1. The van der Waals surface area contributed by atoms with E-state index in [4.69, 9.17) is 25.3 Å². The molecule has 13 nitrogen and oxygen atoms in total. The molecule has 2 aliphatic rings. The predicted molar refractivity (Wildman–Crippen MR) is 132 cm³/mol. The molecule has 3 aromatic rings. The number of amides is 3. The van der Waals surface area contributed by atoms with Crippen LogP contribution in [0.4, 0.5) is 10.5 Å². The van der Waals surface area contributed by atoms with E-state index in [2.05, 4.69) is 15.5 Å². The van der Waals surface area contributed by atoms with Gasteiger partial charge in [-0.05, 0) is 23.7 Å². The lowest BCUT2D eigenvalue weighted by molar-refractivity contribution is -0.118. The summed E-state index contributed by atoms with van der Waals surface area (Å²) in [5.41, 5.74) is 1.95. The van der Waals surface area contributed by atoms with Gasteiger partial charge in [-0.3, -0.25) is 14.5 Å². The predicted octanol–water partition coefficient (Wildman–Crippen LogP) is 3.34. The first kappa shape index (κ1) is 26.1. The van der Waals surface area contributed by atoms with E-state index in [1.54, 1.807) is 13.8 Å². The van der Waals surface area contributed by atoms with Crippen LogP contribution < -0.4 is 5.32 Å². The maximum atomic E-state index is 12.9. The third kappa shape index (κ3) is 5.10. The van der Waals surface area contributed by atoms with E-state index >= 15 is 0 Å². The summed E-state index contributed by atoms with van der Waals surface area (Å²) in [5, 5.41) is 25.4. The molecule has 1 aromatic carbocycles. The van der Waals surface area contributed by atoms with Gasteiger partial charge in [0.05, 0.1) is 35.8 Å². The SMILES string of the molecule is CC(C)C(=O)Nc1cc(C#N)c(Cl)cc1COC(=O)N1Cc2nc(C(=O)N3CCc4c(O)noc4C3)oc2C1. The van der Waals surface area contributed by atoms with Crippen molar-refractivity contribution in [3.05, 3.63) is 57.0 Å². The number of hydrogen-bond donors (Lipinski definition) is 2. The molecule has 0 fully saturated rings. The number of nitrogens with zero attached hydrogens (tertiary/aromatic N) is 5. The molecule has 0 aliphatic carbocycles. The fourth-order valence-electron chi connectivity index (χ4n) is 4.22. The van der Waals surface area contributed by atoms with E-state index in [1.165, 1.54) is 21.9 Å². The number of aromatic hydroxyl groups is 1. The van der Waals surface area contributed by atoms with Crippen LogP contribution in [0.3, 0.4) is 0 Å². The highest BCUT2D eigenvalue weighted by atomic mass is 35.5. The zero-order chi connectivity index (χ0) is 27.8. The van der Waals surface area contributed by atoms with Crippen LogP contribution in [0.1, 0.15) is 58.4 Å². The van der Waals surface area contributed by atoms with E-state index in [1.807, 2.05) is 6.07 Å². The van der Waals surface area contributed by atoms with Crippen LogP contribution in [0.15, 0.2) is 21.1 Å². The number of carbonyl (C=O) groups is 3. The van der Waals surface area contributed by atoms with E-state index in [0.717, 1.165) is 0 Å². The number of oxazole rings is 1. The molecule has 39 heavy (non-hydrogen) atoms. The molecule has 2 N–H and O–H groups in total. The van der Waals surface area contributed by atoms with Crippen molar-refractivity contribution in [3.8, 4) is 11.9 Å². The smallest absolute Gasteiger partial charge is 0.410 e. The average molecular weight is 555 g/mol. The second-order valence-electron chi connectivity index (χ2n) is 9.43. The molecule has 0 saturated heterocycles. The Hall–Kier alpha value is -4.57. The van der Waals surface area contributed by atoms with Gasteiger partial charge in [0, 0.05) is 23.7 Å². The van der Waals surface area contributed by atoms with Crippen LogP contribution in [0.5, 0.6) is 5.88 Å². The Labute approximate surface area is 226 Å². The minimum absolute atomic E-state index is 0.0552. The van der Waals surface area contributed by atoms with E-state index in [-0.39, 0.29) is 60.4 Å². The molecule has 0 radical (unpaired) electrons. The largest absolute Gasteiger partial charge is 0.491 e. The minimum atomic E-state index is -0.661. The summed E-state index contributed by atoms with van der Waals surface area (Å²) in [4.78, 5) is 45.0. The van der Waals surface area contributed by atoms with Crippen LogP contribution in [-0.2, 0) is 42.2 Å². The van der Waals surface area contributed by atoms with Gasteiger partial charge < -0.3 is 29.0 Å². The van der Waals surface area contributed by atoms with Crippen LogP contribution in [0.25, 0.3) is 0 Å². The molecule has 3 amide bonds. The highest BCUT2D eigenvalue weighted by Gasteiger charge is 2.34.